The third kappa shape index (κ3) is 2.83. The first kappa shape index (κ1) is 13.3. The van der Waals surface area contributed by atoms with Crippen molar-refractivity contribution in [3.63, 3.8) is 0 Å². The van der Waals surface area contributed by atoms with E-state index in [1.54, 1.807) is 0 Å². The zero-order chi connectivity index (χ0) is 14.7. The third-order valence-electron chi connectivity index (χ3n) is 2.36. The van der Waals surface area contributed by atoms with Crippen molar-refractivity contribution in [1.29, 1.82) is 0 Å². The molecule has 1 aromatic heterocycles. The molecule has 0 fully saturated rings. The van der Waals surface area contributed by atoms with Gasteiger partial charge in [-0.3, -0.25) is 4.79 Å². The minimum absolute atomic E-state index is 0.195. The number of ether oxygens (including phenoxy) is 1. The Balaban J connectivity index is 2.22. The van der Waals surface area contributed by atoms with Crippen LogP contribution in [0.3, 0.4) is 0 Å². The van der Waals surface area contributed by atoms with Crippen LogP contribution < -0.4 is 15.9 Å². The molecule has 0 unspecified atom stereocenters. The molecule has 1 aromatic carbocycles. The number of hydrogen-bond acceptors (Lipinski definition) is 6. The Kier molecular flexibility index (Phi) is 3.52. The van der Waals surface area contributed by atoms with Crippen LogP contribution >= 0.6 is 0 Å². The fraction of sp³-hybridized carbons (Fsp3) is 0. The smallest absolute Gasteiger partial charge is 0.371 e. The van der Waals surface area contributed by atoms with Crippen molar-refractivity contribution in [2.75, 3.05) is 5.73 Å². The van der Waals surface area contributed by atoms with Gasteiger partial charge in [-0.1, -0.05) is 0 Å². The Hall–Kier alpha value is -3.09. The van der Waals surface area contributed by atoms with Crippen molar-refractivity contribution in [3.05, 3.63) is 58.1 Å². The summed E-state index contributed by atoms with van der Waals surface area (Å²) in [4.78, 5) is 33.9. The van der Waals surface area contributed by atoms with Gasteiger partial charge in [0.25, 0.3) is 0 Å². The van der Waals surface area contributed by atoms with Crippen LogP contribution in [0.4, 0.5) is 5.69 Å². The number of benzene rings is 1. The standard InChI is InChI=1S/C13H9NO6/c14-8-3-1-7(2-4-8)13(18)20-11-6-19-10(12(16)17)5-9(11)15/h1-6H,14H2,(H,16,17). The summed E-state index contributed by atoms with van der Waals surface area (Å²) in [6.07, 6.45) is 0.779. The molecule has 102 valence electrons. The highest BCUT2D eigenvalue weighted by Gasteiger charge is 2.14. The van der Waals surface area contributed by atoms with Gasteiger partial charge in [-0.15, -0.1) is 0 Å². The van der Waals surface area contributed by atoms with Crippen LogP contribution in [0, 0.1) is 0 Å². The topological polar surface area (TPSA) is 120 Å². The van der Waals surface area contributed by atoms with E-state index in [9.17, 15) is 14.4 Å². The van der Waals surface area contributed by atoms with E-state index in [-0.39, 0.29) is 5.56 Å². The molecule has 0 aliphatic rings. The van der Waals surface area contributed by atoms with Gasteiger partial charge in [-0.2, -0.15) is 0 Å². The molecule has 2 aromatic rings. The van der Waals surface area contributed by atoms with Crippen LogP contribution in [0.5, 0.6) is 5.75 Å². The molecule has 0 amide bonds. The second-order valence-electron chi connectivity index (χ2n) is 3.79. The van der Waals surface area contributed by atoms with Crippen molar-refractivity contribution in [3.8, 4) is 5.75 Å². The lowest BCUT2D eigenvalue weighted by atomic mass is 10.2. The normalized spacial score (nSPS) is 10.0. The zero-order valence-corrected chi connectivity index (χ0v) is 10.0. The maximum atomic E-state index is 11.7. The van der Waals surface area contributed by atoms with Crippen molar-refractivity contribution >= 4 is 17.6 Å². The average molecular weight is 275 g/mol. The van der Waals surface area contributed by atoms with Crippen molar-refractivity contribution < 1.29 is 23.8 Å². The predicted molar refractivity (Wildman–Crippen MR) is 67.8 cm³/mol. The Morgan fingerprint density at radius 3 is 2.40 bits per heavy atom. The lowest BCUT2D eigenvalue weighted by molar-refractivity contribution is 0.0658. The molecule has 0 bridgehead atoms. The molecule has 0 aliphatic carbocycles. The summed E-state index contributed by atoms with van der Waals surface area (Å²) in [6, 6.07) is 6.61. The van der Waals surface area contributed by atoms with E-state index in [2.05, 4.69) is 4.42 Å². The Morgan fingerprint density at radius 1 is 1.20 bits per heavy atom. The van der Waals surface area contributed by atoms with Gasteiger partial charge in [0.05, 0.1) is 5.56 Å². The molecule has 3 N–H and O–H groups in total. The first-order valence-electron chi connectivity index (χ1n) is 5.41. The second kappa shape index (κ2) is 5.27. The highest BCUT2D eigenvalue weighted by molar-refractivity contribution is 5.91. The highest BCUT2D eigenvalue weighted by atomic mass is 16.5. The van der Waals surface area contributed by atoms with E-state index in [1.807, 2.05) is 0 Å². The number of carbonyl (C=O) groups is 2. The van der Waals surface area contributed by atoms with E-state index in [4.69, 9.17) is 15.6 Å². The van der Waals surface area contributed by atoms with Gasteiger partial charge in [-0.05, 0) is 24.3 Å². The number of carboxylic acid groups (broad SMARTS) is 1. The van der Waals surface area contributed by atoms with E-state index < -0.39 is 28.9 Å². The number of rotatable bonds is 3. The number of carbonyl (C=O) groups excluding carboxylic acids is 1. The van der Waals surface area contributed by atoms with Crippen molar-refractivity contribution in [2.24, 2.45) is 0 Å². The molecule has 20 heavy (non-hydrogen) atoms. The molecule has 0 atom stereocenters. The Bertz CT molecular complexity index is 716. The number of esters is 1. The maximum Gasteiger partial charge on any atom is 0.371 e. The van der Waals surface area contributed by atoms with Crippen LogP contribution in [-0.2, 0) is 0 Å². The summed E-state index contributed by atoms with van der Waals surface area (Å²) < 4.78 is 9.49. The van der Waals surface area contributed by atoms with Crippen molar-refractivity contribution in [1.82, 2.24) is 0 Å². The summed E-state index contributed by atoms with van der Waals surface area (Å²) >= 11 is 0. The fourth-order valence-corrected chi connectivity index (χ4v) is 1.36. The molecule has 0 saturated heterocycles. The molecular weight excluding hydrogens is 266 g/mol. The Morgan fingerprint density at radius 2 is 1.85 bits per heavy atom. The summed E-state index contributed by atoms with van der Waals surface area (Å²) in [5, 5.41) is 8.63. The van der Waals surface area contributed by atoms with Crippen LogP contribution in [0.15, 0.2) is 45.8 Å². The summed E-state index contributed by atoms with van der Waals surface area (Å²) in [5.74, 6) is -3.10. The largest absolute Gasteiger partial charge is 0.475 e. The van der Waals surface area contributed by atoms with Crippen molar-refractivity contribution in [2.45, 2.75) is 0 Å². The summed E-state index contributed by atoms with van der Waals surface area (Å²) in [7, 11) is 0. The molecule has 7 nitrogen and oxygen atoms in total. The van der Waals surface area contributed by atoms with E-state index in [0.717, 1.165) is 12.3 Å². The molecule has 0 saturated carbocycles. The van der Waals surface area contributed by atoms with Gasteiger partial charge >= 0.3 is 11.9 Å². The minimum Gasteiger partial charge on any atom is -0.475 e. The van der Waals surface area contributed by atoms with Crippen LogP contribution in [-0.4, -0.2) is 17.0 Å². The SMILES string of the molecule is Nc1ccc(C(=O)Oc2coc(C(=O)O)cc2=O)cc1. The molecule has 7 heteroatoms. The quantitative estimate of drug-likeness (QED) is 0.636. The molecule has 0 spiro atoms. The number of anilines is 1. The first-order valence-corrected chi connectivity index (χ1v) is 5.41. The minimum atomic E-state index is -1.39. The van der Waals surface area contributed by atoms with Crippen LogP contribution in [0.1, 0.15) is 20.9 Å². The number of hydrogen-bond donors (Lipinski definition) is 2. The van der Waals surface area contributed by atoms with Gasteiger partial charge in [0, 0.05) is 11.8 Å². The number of carboxylic acids is 1. The summed E-state index contributed by atoms with van der Waals surface area (Å²) in [5.41, 5.74) is 5.38. The monoisotopic (exact) mass is 275 g/mol. The van der Waals surface area contributed by atoms with Gasteiger partial charge in [0.15, 0.2) is 0 Å². The van der Waals surface area contributed by atoms with E-state index in [0.29, 0.717) is 5.69 Å². The molecule has 0 radical (unpaired) electrons. The third-order valence-corrected chi connectivity index (χ3v) is 2.36. The lowest BCUT2D eigenvalue weighted by Crippen LogP contribution is -2.15. The van der Waals surface area contributed by atoms with Gasteiger partial charge in [-0.25, -0.2) is 9.59 Å². The first-order chi connectivity index (χ1) is 9.47. The highest BCUT2D eigenvalue weighted by Crippen LogP contribution is 2.11. The molecule has 1 heterocycles. The predicted octanol–water partition coefficient (Wildman–Crippen LogP) is 1.14. The molecule has 0 aliphatic heterocycles. The van der Waals surface area contributed by atoms with Crippen LogP contribution in [0.25, 0.3) is 0 Å². The lowest BCUT2D eigenvalue weighted by Gasteiger charge is -2.03. The average Bonchev–Trinajstić information content (AvgIpc) is 2.41. The number of nitrogens with two attached hydrogens (primary N) is 1. The van der Waals surface area contributed by atoms with E-state index in [1.165, 1.54) is 24.3 Å². The van der Waals surface area contributed by atoms with Gasteiger partial charge in [0.2, 0.25) is 16.9 Å². The zero-order valence-electron chi connectivity index (χ0n) is 10.0. The number of nitrogen functional groups attached to an aromatic ring is 1. The maximum absolute atomic E-state index is 11.7. The number of aromatic carboxylic acids is 1. The van der Waals surface area contributed by atoms with Crippen LogP contribution in [0.2, 0.25) is 0 Å². The summed E-state index contributed by atoms with van der Waals surface area (Å²) in [6.45, 7) is 0. The Labute approximate surface area is 112 Å². The van der Waals surface area contributed by atoms with E-state index >= 15 is 0 Å². The molecular formula is C13H9NO6. The molecule has 2 rings (SSSR count). The van der Waals surface area contributed by atoms with Gasteiger partial charge in [0.1, 0.15) is 6.26 Å². The second-order valence-corrected chi connectivity index (χ2v) is 3.79. The fourth-order valence-electron chi connectivity index (χ4n) is 1.36. The van der Waals surface area contributed by atoms with Gasteiger partial charge < -0.3 is 20.0 Å².